The van der Waals surface area contributed by atoms with Crippen LogP contribution in [0.1, 0.15) is 0 Å². The van der Waals surface area contributed by atoms with Crippen molar-refractivity contribution in [2.75, 3.05) is 13.1 Å². The van der Waals surface area contributed by atoms with Crippen LogP contribution < -0.4 is 5.73 Å². The molecule has 8 heavy (non-hydrogen) atoms. The summed E-state index contributed by atoms with van der Waals surface area (Å²) in [6, 6.07) is 0.284. The molecule has 1 rings (SSSR count). The molecule has 0 atom stereocenters. The molecule has 3 nitrogen and oxygen atoms in total. The molecule has 0 saturated carbocycles. The highest BCUT2D eigenvalue weighted by Crippen LogP contribution is 2.00. The summed E-state index contributed by atoms with van der Waals surface area (Å²) < 4.78 is 0. The van der Waals surface area contributed by atoms with Crippen LogP contribution in [0.25, 0.3) is 0 Å². The molecule has 1 radical (unpaired) electrons. The van der Waals surface area contributed by atoms with Gasteiger partial charge in [-0.15, -0.1) is 0 Å². The van der Waals surface area contributed by atoms with Crippen LogP contribution in [0.3, 0.4) is 0 Å². The lowest BCUT2D eigenvalue weighted by molar-refractivity contribution is 0.275. The lowest BCUT2D eigenvalue weighted by Crippen LogP contribution is -2.57. The van der Waals surface area contributed by atoms with E-state index in [4.69, 9.17) is 5.73 Å². The number of nitrogens with two attached hydrogens (primary N) is 1. The molecule has 2 N–H and O–H groups in total. The monoisotopic (exact) mass is 111 g/mol. The number of hydrogen-bond donors (Lipinski definition) is 1. The van der Waals surface area contributed by atoms with E-state index in [0.29, 0.717) is 0 Å². The van der Waals surface area contributed by atoms with Crippen LogP contribution in [0.15, 0.2) is 0 Å². The SMILES string of the molecule is NC1CN([B]C=O)C1. The van der Waals surface area contributed by atoms with Crippen LogP contribution in [0.4, 0.5) is 0 Å². The van der Waals surface area contributed by atoms with Crippen molar-refractivity contribution in [3.05, 3.63) is 0 Å². The summed E-state index contributed by atoms with van der Waals surface area (Å²) >= 11 is 0. The number of carbonyl (C=O) groups excluding carboxylic acids is 1. The molecule has 1 aliphatic rings. The van der Waals surface area contributed by atoms with Gasteiger partial charge in [0.25, 0.3) is 7.41 Å². The van der Waals surface area contributed by atoms with Crippen LogP contribution in [0, 0.1) is 0 Å². The van der Waals surface area contributed by atoms with Gasteiger partial charge in [0, 0.05) is 19.1 Å². The Hall–Kier alpha value is -0.345. The molecule has 0 spiro atoms. The Bertz CT molecular complexity index is 92.0. The second-order valence-electron chi connectivity index (χ2n) is 2.00. The Kier molecular flexibility index (Phi) is 1.65. The van der Waals surface area contributed by atoms with Gasteiger partial charge in [-0.3, -0.25) is 0 Å². The van der Waals surface area contributed by atoms with Crippen LogP contribution in [0.2, 0.25) is 0 Å². The van der Waals surface area contributed by atoms with Gasteiger partial charge >= 0.3 is 0 Å². The average molecular weight is 111 g/mol. The quantitative estimate of drug-likeness (QED) is 0.346. The van der Waals surface area contributed by atoms with E-state index < -0.39 is 0 Å². The van der Waals surface area contributed by atoms with Gasteiger partial charge in [0.15, 0.2) is 0 Å². The van der Waals surface area contributed by atoms with Crippen molar-refractivity contribution >= 4 is 13.6 Å². The highest BCUT2D eigenvalue weighted by molar-refractivity contribution is 6.64. The molecule has 0 aromatic carbocycles. The Morgan fingerprint density at radius 2 is 2.38 bits per heavy atom. The fraction of sp³-hybridized carbons (Fsp3) is 0.750. The summed E-state index contributed by atoms with van der Waals surface area (Å²) in [7, 11) is 1.52. The first-order valence-electron chi connectivity index (χ1n) is 2.61. The Morgan fingerprint density at radius 1 is 1.75 bits per heavy atom. The first kappa shape index (κ1) is 5.79. The smallest absolute Gasteiger partial charge is 0.293 e. The minimum Gasteiger partial charge on any atom is -0.337 e. The maximum Gasteiger partial charge on any atom is 0.293 e. The number of rotatable bonds is 2. The Labute approximate surface area is 49.1 Å². The van der Waals surface area contributed by atoms with Gasteiger partial charge in [-0.25, -0.2) is 0 Å². The van der Waals surface area contributed by atoms with E-state index in [1.165, 1.54) is 7.41 Å². The van der Waals surface area contributed by atoms with Crippen molar-refractivity contribution in [3.63, 3.8) is 0 Å². The van der Waals surface area contributed by atoms with E-state index in [2.05, 4.69) is 0 Å². The molecule has 0 aliphatic carbocycles. The normalized spacial score (nSPS) is 22.1. The molecule has 43 valence electrons. The third kappa shape index (κ3) is 1.08. The van der Waals surface area contributed by atoms with Crippen LogP contribution in [-0.4, -0.2) is 37.5 Å². The number of nitrogens with zero attached hydrogens (tertiary/aromatic N) is 1. The van der Waals surface area contributed by atoms with Gasteiger partial charge in [-0.1, -0.05) is 0 Å². The first-order chi connectivity index (χ1) is 3.83. The van der Waals surface area contributed by atoms with E-state index in [-0.39, 0.29) is 6.04 Å². The van der Waals surface area contributed by atoms with Crippen LogP contribution in [-0.2, 0) is 4.79 Å². The maximum absolute atomic E-state index is 9.78. The predicted molar refractivity (Wildman–Crippen MR) is 32.1 cm³/mol. The largest absolute Gasteiger partial charge is 0.337 e. The predicted octanol–water partition coefficient (Wildman–Crippen LogP) is -1.56. The van der Waals surface area contributed by atoms with Crippen molar-refractivity contribution in [1.82, 2.24) is 4.81 Å². The van der Waals surface area contributed by atoms with Gasteiger partial charge in [0.05, 0.1) is 6.19 Å². The highest BCUT2D eigenvalue weighted by Gasteiger charge is 2.22. The van der Waals surface area contributed by atoms with Crippen LogP contribution in [0.5, 0.6) is 0 Å². The minimum absolute atomic E-state index is 0.284. The molecule has 4 heteroatoms. The Balaban J connectivity index is 2.06. The molecular formula is C4H8BN2O. The molecule has 0 bridgehead atoms. The summed E-state index contributed by atoms with van der Waals surface area (Å²) in [5.41, 5.74) is 5.42. The molecule has 0 amide bonds. The fourth-order valence-corrected chi connectivity index (χ4v) is 0.757. The number of carbonyl (C=O) groups is 1. The topological polar surface area (TPSA) is 46.3 Å². The van der Waals surface area contributed by atoms with Crippen molar-refractivity contribution < 1.29 is 4.79 Å². The lowest BCUT2D eigenvalue weighted by atomic mass is 9.88. The molecule has 0 aromatic rings. The highest BCUT2D eigenvalue weighted by atomic mass is 16.1. The summed E-state index contributed by atoms with van der Waals surface area (Å²) in [6.07, 6.45) is 0.784. The molecule has 1 heterocycles. The third-order valence-electron chi connectivity index (χ3n) is 1.21. The summed E-state index contributed by atoms with van der Waals surface area (Å²) in [5.74, 6) is 0. The zero-order chi connectivity index (χ0) is 5.98. The second kappa shape index (κ2) is 2.28. The zero-order valence-corrected chi connectivity index (χ0v) is 4.58. The molecule has 1 saturated heterocycles. The Morgan fingerprint density at radius 3 is 2.75 bits per heavy atom. The van der Waals surface area contributed by atoms with E-state index in [1.54, 1.807) is 0 Å². The van der Waals surface area contributed by atoms with Gasteiger partial charge in [0.1, 0.15) is 0 Å². The maximum atomic E-state index is 9.78. The van der Waals surface area contributed by atoms with E-state index in [1.807, 2.05) is 4.81 Å². The van der Waals surface area contributed by atoms with E-state index in [0.717, 1.165) is 19.3 Å². The van der Waals surface area contributed by atoms with Crippen molar-refractivity contribution in [1.29, 1.82) is 0 Å². The second-order valence-corrected chi connectivity index (χ2v) is 2.00. The van der Waals surface area contributed by atoms with Crippen molar-refractivity contribution in [2.45, 2.75) is 6.04 Å². The lowest BCUT2D eigenvalue weighted by Gasteiger charge is -2.35. The van der Waals surface area contributed by atoms with Crippen molar-refractivity contribution in [3.8, 4) is 0 Å². The van der Waals surface area contributed by atoms with Gasteiger partial charge in [-0.05, 0) is 0 Å². The van der Waals surface area contributed by atoms with Gasteiger partial charge < -0.3 is 15.3 Å². The van der Waals surface area contributed by atoms with Crippen molar-refractivity contribution in [2.24, 2.45) is 5.73 Å². The zero-order valence-electron chi connectivity index (χ0n) is 4.58. The minimum atomic E-state index is 0.284. The number of hydrogen-bond acceptors (Lipinski definition) is 3. The molecule has 0 unspecified atom stereocenters. The third-order valence-corrected chi connectivity index (χ3v) is 1.21. The molecular weight excluding hydrogens is 103 g/mol. The standard InChI is InChI=1S/C4H8BN2O/c6-4-1-7(2-4)5-3-8/h3-4H,1-2,6H2. The summed E-state index contributed by atoms with van der Waals surface area (Å²) in [6.45, 7) is 1.66. The fourth-order valence-electron chi connectivity index (χ4n) is 0.757. The first-order valence-corrected chi connectivity index (χ1v) is 2.61. The molecule has 1 fully saturated rings. The van der Waals surface area contributed by atoms with Crippen LogP contribution >= 0.6 is 0 Å². The summed E-state index contributed by atoms with van der Waals surface area (Å²) in [4.78, 5) is 11.7. The average Bonchev–Trinajstić information content (AvgIpc) is 1.64. The van der Waals surface area contributed by atoms with E-state index >= 15 is 0 Å². The van der Waals surface area contributed by atoms with E-state index in [9.17, 15) is 4.79 Å². The summed E-state index contributed by atoms with van der Waals surface area (Å²) in [5, 5.41) is 0. The molecule has 0 aromatic heterocycles. The van der Waals surface area contributed by atoms with Gasteiger partial charge in [-0.2, -0.15) is 0 Å². The van der Waals surface area contributed by atoms with Gasteiger partial charge in [0.2, 0.25) is 0 Å². The molecule has 1 aliphatic heterocycles.